The second-order valence-corrected chi connectivity index (χ2v) is 5.98. The molecule has 0 aromatic carbocycles. The van der Waals surface area contributed by atoms with Crippen molar-refractivity contribution in [1.82, 2.24) is 29.9 Å². The van der Waals surface area contributed by atoms with Crippen molar-refractivity contribution in [2.75, 3.05) is 6.54 Å². The summed E-state index contributed by atoms with van der Waals surface area (Å²) in [6.07, 6.45) is 4.11. The maximum absolute atomic E-state index is 12.8. The van der Waals surface area contributed by atoms with Crippen LogP contribution in [0.5, 0.6) is 0 Å². The topological polar surface area (TPSA) is 117 Å². The maximum atomic E-state index is 12.8. The van der Waals surface area contributed by atoms with Crippen LogP contribution in [0.2, 0.25) is 0 Å². The van der Waals surface area contributed by atoms with Gasteiger partial charge in [-0.3, -0.25) is 14.7 Å². The predicted octanol–water partition coefficient (Wildman–Crippen LogP) is 0.158. The number of carbonyl (C=O) groups excluding carboxylic acids is 1. The Balaban J connectivity index is 0.000000526. The summed E-state index contributed by atoms with van der Waals surface area (Å²) >= 11 is 0. The summed E-state index contributed by atoms with van der Waals surface area (Å²) in [4.78, 5) is 27.3. The second-order valence-electron chi connectivity index (χ2n) is 5.98. The highest BCUT2D eigenvalue weighted by Crippen LogP contribution is 2.24. The molecule has 128 valence electrons. The van der Waals surface area contributed by atoms with Crippen LogP contribution in [0.3, 0.4) is 0 Å². The van der Waals surface area contributed by atoms with E-state index in [2.05, 4.69) is 20.3 Å². The molecule has 2 N–H and O–H groups in total. The van der Waals surface area contributed by atoms with Gasteiger partial charge in [0.05, 0.1) is 18.2 Å². The highest BCUT2D eigenvalue weighted by Gasteiger charge is 2.32. The van der Waals surface area contributed by atoms with Gasteiger partial charge in [0.15, 0.2) is 0 Å². The number of hydrogen-bond acceptors (Lipinski definition) is 5. The SMILES string of the molecule is Cc1[nH]nc2c1CN(C(=O)C1CCc3ncnn3C1)CC2.O=CO. The van der Waals surface area contributed by atoms with E-state index < -0.39 is 0 Å². The number of carbonyl (C=O) groups is 2. The average molecular weight is 332 g/mol. The van der Waals surface area contributed by atoms with Gasteiger partial charge in [-0.25, -0.2) is 9.67 Å². The molecule has 24 heavy (non-hydrogen) atoms. The molecule has 9 nitrogen and oxygen atoms in total. The summed E-state index contributed by atoms with van der Waals surface area (Å²) in [5.74, 6) is 1.25. The van der Waals surface area contributed by atoms with Gasteiger partial charge in [-0.15, -0.1) is 0 Å². The Hall–Kier alpha value is -2.71. The lowest BCUT2D eigenvalue weighted by Gasteiger charge is -2.31. The van der Waals surface area contributed by atoms with Gasteiger partial charge in [0, 0.05) is 37.2 Å². The minimum absolute atomic E-state index is 0.0213. The maximum Gasteiger partial charge on any atom is 0.290 e. The van der Waals surface area contributed by atoms with Crippen molar-refractivity contribution < 1.29 is 14.7 Å². The number of aromatic amines is 1. The number of carboxylic acid groups (broad SMARTS) is 1. The first-order chi connectivity index (χ1) is 11.6. The Bertz CT molecular complexity index is 737. The van der Waals surface area contributed by atoms with Crippen molar-refractivity contribution in [3.63, 3.8) is 0 Å². The van der Waals surface area contributed by atoms with E-state index in [1.54, 1.807) is 6.33 Å². The molecule has 1 amide bonds. The Morgan fingerprint density at radius 1 is 1.46 bits per heavy atom. The number of nitrogens with one attached hydrogen (secondary N) is 1. The molecule has 9 heteroatoms. The third-order valence-corrected chi connectivity index (χ3v) is 4.59. The van der Waals surface area contributed by atoms with E-state index in [0.29, 0.717) is 13.1 Å². The zero-order valence-corrected chi connectivity index (χ0v) is 13.5. The third-order valence-electron chi connectivity index (χ3n) is 4.59. The summed E-state index contributed by atoms with van der Waals surface area (Å²) in [6.45, 7) is 3.86. The van der Waals surface area contributed by atoms with E-state index >= 15 is 0 Å². The summed E-state index contributed by atoms with van der Waals surface area (Å²) in [7, 11) is 0. The van der Waals surface area contributed by atoms with Crippen LogP contribution in [-0.2, 0) is 35.5 Å². The molecule has 0 fully saturated rings. The van der Waals surface area contributed by atoms with Crippen molar-refractivity contribution in [2.24, 2.45) is 5.92 Å². The van der Waals surface area contributed by atoms with Crippen LogP contribution in [0, 0.1) is 12.8 Å². The number of amides is 1. The molecule has 2 aromatic rings. The molecule has 2 aliphatic heterocycles. The van der Waals surface area contributed by atoms with Crippen molar-refractivity contribution in [1.29, 1.82) is 0 Å². The number of aromatic nitrogens is 5. The summed E-state index contributed by atoms with van der Waals surface area (Å²) in [5, 5.41) is 18.4. The van der Waals surface area contributed by atoms with Crippen LogP contribution in [0.1, 0.15) is 29.2 Å². The molecule has 2 aromatic heterocycles. The van der Waals surface area contributed by atoms with Crippen molar-refractivity contribution >= 4 is 12.4 Å². The number of fused-ring (bicyclic) bond motifs is 2. The van der Waals surface area contributed by atoms with E-state index in [9.17, 15) is 4.79 Å². The summed E-state index contributed by atoms with van der Waals surface area (Å²) in [5.41, 5.74) is 3.37. The van der Waals surface area contributed by atoms with E-state index in [4.69, 9.17) is 9.90 Å². The van der Waals surface area contributed by atoms with Crippen LogP contribution in [-0.4, -0.2) is 53.9 Å². The largest absolute Gasteiger partial charge is 0.483 e. The minimum Gasteiger partial charge on any atom is -0.483 e. The summed E-state index contributed by atoms with van der Waals surface area (Å²) in [6, 6.07) is 0. The van der Waals surface area contributed by atoms with Gasteiger partial charge in [0.1, 0.15) is 12.2 Å². The standard InChI is InChI=1S/C14H18N6O.CH2O2/c1-9-11-7-19(5-4-12(11)18-17-9)14(21)10-2-3-13-15-8-16-20(13)6-10;2-1-3/h8,10H,2-7H2,1H3,(H,17,18);1H,(H,2,3). The quantitative estimate of drug-likeness (QED) is 0.718. The Morgan fingerprint density at radius 3 is 3.04 bits per heavy atom. The molecule has 0 spiro atoms. The first-order valence-corrected chi connectivity index (χ1v) is 7.90. The second kappa shape index (κ2) is 6.81. The lowest BCUT2D eigenvalue weighted by molar-refractivity contribution is -0.137. The molecule has 1 atom stereocenters. The fourth-order valence-electron chi connectivity index (χ4n) is 3.32. The molecule has 0 aliphatic carbocycles. The number of aryl methyl sites for hydroxylation is 2. The number of nitrogens with zero attached hydrogens (tertiary/aromatic N) is 5. The van der Waals surface area contributed by atoms with E-state index in [0.717, 1.165) is 43.0 Å². The lowest BCUT2D eigenvalue weighted by atomic mass is 9.96. The van der Waals surface area contributed by atoms with Crippen molar-refractivity contribution in [3.05, 3.63) is 29.1 Å². The van der Waals surface area contributed by atoms with Gasteiger partial charge in [-0.1, -0.05) is 0 Å². The molecule has 4 rings (SSSR count). The molecule has 0 saturated heterocycles. The smallest absolute Gasteiger partial charge is 0.290 e. The van der Waals surface area contributed by atoms with Crippen molar-refractivity contribution in [2.45, 2.75) is 39.3 Å². The zero-order chi connectivity index (χ0) is 17.1. The van der Waals surface area contributed by atoms with Crippen LogP contribution >= 0.6 is 0 Å². The van der Waals surface area contributed by atoms with Gasteiger partial charge in [-0.2, -0.15) is 10.2 Å². The van der Waals surface area contributed by atoms with Gasteiger partial charge in [-0.05, 0) is 13.3 Å². The molecular weight excluding hydrogens is 312 g/mol. The number of rotatable bonds is 1. The molecule has 0 saturated carbocycles. The lowest BCUT2D eigenvalue weighted by Crippen LogP contribution is -2.42. The fourth-order valence-corrected chi connectivity index (χ4v) is 3.32. The molecule has 0 bridgehead atoms. The van der Waals surface area contributed by atoms with E-state index in [-0.39, 0.29) is 18.3 Å². The molecule has 2 aliphatic rings. The van der Waals surface area contributed by atoms with Gasteiger partial charge in [0.25, 0.3) is 6.47 Å². The molecule has 1 unspecified atom stereocenters. The van der Waals surface area contributed by atoms with Crippen LogP contribution in [0.15, 0.2) is 6.33 Å². The van der Waals surface area contributed by atoms with Crippen LogP contribution in [0.25, 0.3) is 0 Å². The predicted molar refractivity (Wildman–Crippen MR) is 83.0 cm³/mol. The Labute approximate surface area is 138 Å². The normalized spacial score (nSPS) is 18.9. The van der Waals surface area contributed by atoms with Crippen molar-refractivity contribution in [3.8, 4) is 0 Å². The zero-order valence-electron chi connectivity index (χ0n) is 13.5. The Kier molecular flexibility index (Phi) is 4.59. The van der Waals surface area contributed by atoms with Gasteiger partial charge in [0.2, 0.25) is 5.91 Å². The first-order valence-electron chi connectivity index (χ1n) is 7.90. The fraction of sp³-hybridized carbons (Fsp3) is 0.533. The van der Waals surface area contributed by atoms with Gasteiger partial charge < -0.3 is 10.0 Å². The minimum atomic E-state index is -0.250. The summed E-state index contributed by atoms with van der Waals surface area (Å²) < 4.78 is 1.87. The average Bonchev–Trinajstić information content (AvgIpc) is 3.21. The van der Waals surface area contributed by atoms with E-state index in [1.165, 1.54) is 5.56 Å². The Morgan fingerprint density at radius 2 is 2.25 bits per heavy atom. The third kappa shape index (κ3) is 3.01. The molecule has 4 heterocycles. The first kappa shape index (κ1) is 16.2. The highest BCUT2D eigenvalue weighted by atomic mass is 16.3. The monoisotopic (exact) mass is 332 g/mol. The number of H-pyrrole nitrogens is 1. The van der Waals surface area contributed by atoms with Gasteiger partial charge >= 0.3 is 0 Å². The van der Waals surface area contributed by atoms with Crippen LogP contribution in [0.4, 0.5) is 0 Å². The highest BCUT2D eigenvalue weighted by molar-refractivity contribution is 5.79. The molecule has 0 radical (unpaired) electrons. The number of hydrogen-bond donors (Lipinski definition) is 2. The van der Waals surface area contributed by atoms with Crippen LogP contribution < -0.4 is 0 Å². The van der Waals surface area contributed by atoms with E-state index in [1.807, 2.05) is 16.5 Å². The molecular formula is C15H20N6O3.